The molecular weight excluding hydrogens is 320 g/mol. The van der Waals surface area contributed by atoms with Crippen molar-refractivity contribution in [2.24, 2.45) is 13.0 Å². The largest absolute Gasteiger partial charge is 0.368 e. The van der Waals surface area contributed by atoms with E-state index in [4.69, 9.17) is 4.74 Å². The Morgan fingerprint density at radius 1 is 1.32 bits per heavy atom. The lowest BCUT2D eigenvalue weighted by atomic mass is 9.89. The fourth-order valence-corrected chi connectivity index (χ4v) is 3.95. The van der Waals surface area contributed by atoms with E-state index in [9.17, 15) is 9.59 Å². The molecule has 136 valence electrons. The average molecular weight is 346 g/mol. The topological polar surface area (TPSA) is 66.8 Å². The Morgan fingerprint density at radius 3 is 2.68 bits per heavy atom. The van der Waals surface area contributed by atoms with E-state index in [0.717, 1.165) is 13.1 Å². The molecule has 1 saturated carbocycles. The summed E-state index contributed by atoms with van der Waals surface area (Å²) in [6.45, 7) is 3.27. The summed E-state index contributed by atoms with van der Waals surface area (Å²) >= 11 is 0. The van der Waals surface area contributed by atoms with Gasteiger partial charge in [-0.2, -0.15) is 0 Å². The smallest absolute Gasteiger partial charge is 0.270 e. The van der Waals surface area contributed by atoms with Crippen molar-refractivity contribution in [1.82, 2.24) is 19.7 Å². The number of ether oxygens (including phenoxy) is 1. The molecule has 1 aliphatic carbocycles. The van der Waals surface area contributed by atoms with Crippen LogP contribution in [-0.4, -0.2) is 77.7 Å². The zero-order valence-corrected chi connectivity index (χ0v) is 14.9. The number of amides is 2. The Balaban J connectivity index is 1.41. The summed E-state index contributed by atoms with van der Waals surface area (Å²) in [5.41, 5.74) is 0.379. The van der Waals surface area contributed by atoms with E-state index >= 15 is 0 Å². The predicted octanol–water partition coefficient (Wildman–Crippen LogP) is 0.0765. The van der Waals surface area contributed by atoms with Gasteiger partial charge in [-0.1, -0.05) is 0 Å². The molecule has 2 saturated heterocycles. The van der Waals surface area contributed by atoms with Crippen LogP contribution in [0.4, 0.5) is 0 Å². The van der Waals surface area contributed by atoms with E-state index in [-0.39, 0.29) is 23.5 Å². The van der Waals surface area contributed by atoms with E-state index in [2.05, 4.69) is 10.2 Å². The lowest BCUT2D eigenvalue weighted by Gasteiger charge is -2.55. The second-order valence-electron chi connectivity index (χ2n) is 7.66. The molecule has 3 heterocycles. The third kappa shape index (κ3) is 3.06. The van der Waals surface area contributed by atoms with E-state index in [1.165, 1.54) is 12.8 Å². The van der Waals surface area contributed by atoms with Crippen LogP contribution in [0.5, 0.6) is 0 Å². The zero-order chi connectivity index (χ0) is 17.6. The third-order valence-corrected chi connectivity index (χ3v) is 5.63. The fourth-order valence-electron chi connectivity index (χ4n) is 3.95. The minimum Gasteiger partial charge on any atom is -0.368 e. The molecule has 0 radical (unpaired) electrons. The van der Waals surface area contributed by atoms with Crippen LogP contribution in [0.2, 0.25) is 0 Å². The summed E-state index contributed by atoms with van der Waals surface area (Å²) in [5, 5.41) is 2.75. The van der Waals surface area contributed by atoms with Crippen LogP contribution in [-0.2, 0) is 16.6 Å². The van der Waals surface area contributed by atoms with Crippen molar-refractivity contribution in [3.05, 3.63) is 24.0 Å². The Labute approximate surface area is 147 Å². The highest BCUT2D eigenvalue weighted by molar-refractivity contribution is 5.93. The van der Waals surface area contributed by atoms with Crippen molar-refractivity contribution in [2.45, 2.75) is 24.5 Å². The summed E-state index contributed by atoms with van der Waals surface area (Å²) in [6.07, 6.45) is 4.39. The molecule has 1 spiro atoms. The van der Waals surface area contributed by atoms with Crippen LogP contribution in [0.1, 0.15) is 23.3 Å². The van der Waals surface area contributed by atoms with Crippen LogP contribution in [0.15, 0.2) is 18.3 Å². The number of rotatable bonds is 4. The lowest BCUT2D eigenvalue weighted by molar-refractivity contribution is -0.191. The summed E-state index contributed by atoms with van der Waals surface area (Å²) < 4.78 is 7.94. The maximum atomic E-state index is 12.6. The number of morpholine rings is 1. The highest BCUT2D eigenvalue weighted by atomic mass is 16.5. The van der Waals surface area contributed by atoms with E-state index in [1.807, 2.05) is 34.8 Å². The van der Waals surface area contributed by atoms with Crippen molar-refractivity contribution < 1.29 is 14.3 Å². The second-order valence-corrected chi connectivity index (χ2v) is 7.66. The van der Waals surface area contributed by atoms with Gasteiger partial charge in [-0.15, -0.1) is 0 Å². The maximum Gasteiger partial charge on any atom is 0.270 e. The number of hydrogen-bond donors (Lipinski definition) is 1. The predicted molar refractivity (Wildman–Crippen MR) is 92.2 cm³/mol. The summed E-state index contributed by atoms with van der Waals surface area (Å²) in [6, 6.07) is 3.51. The molecule has 1 atom stereocenters. The third-order valence-electron chi connectivity index (χ3n) is 5.63. The Kier molecular flexibility index (Phi) is 4.08. The molecular formula is C18H26N4O3. The van der Waals surface area contributed by atoms with Crippen molar-refractivity contribution >= 4 is 11.8 Å². The van der Waals surface area contributed by atoms with Crippen molar-refractivity contribution in [3.8, 4) is 0 Å². The van der Waals surface area contributed by atoms with Gasteiger partial charge in [0.25, 0.3) is 5.91 Å². The number of nitrogens with zero attached hydrogens (tertiary/aromatic N) is 3. The number of likely N-dealkylation sites (tertiary alicyclic amines) is 1. The molecule has 2 amide bonds. The molecule has 3 fully saturated rings. The van der Waals surface area contributed by atoms with Gasteiger partial charge in [-0.25, -0.2) is 0 Å². The Hall–Kier alpha value is -1.86. The molecule has 1 N–H and O–H groups in total. The van der Waals surface area contributed by atoms with Gasteiger partial charge in [0.15, 0.2) is 0 Å². The van der Waals surface area contributed by atoms with Gasteiger partial charge in [0.1, 0.15) is 17.3 Å². The van der Waals surface area contributed by atoms with E-state index < -0.39 is 0 Å². The zero-order valence-electron chi connectivity index (χ0n) is 14.9. The number of likely N-dealkylation sites (N-methyl/N-ethyl adjacent to an activating group) is 1. The minimum absolute atomic E-state index is 0.0200. The van der Waals surface area contributed by atoms with E-state index in [1.54, 1.807) is 7.05 Å². The first-order valence-electron chi connectivity index (χ1n) is 9.01. The monoisotopic (exact) mass is 346 g/mol. The molecule has 4 rings (SSSR count). The highest BCUT2D eigenvalue weighted by Gasteiger charge is 2.52. The van der Waals surface area contributed by atoms with Gasteiger partial charge in [0.05, 0.1) is 19.7 Å². The highest BCUT2D eigenvalue weighted by Crippen LogP contribution is 2.36. The molecule has 7 nitrogen and oxygen atoms in total. The van der Waals surface area contributed by atoms with Gasteiger partial charge in [0.2, 0.25) is 5.91 Å². The molecule has 3 aliphatic rings. The van der Waals surface area contributed by atoms with Gasteiger partial charge < -0.3 is 19.5 Å². The molecule has 1 aromatic rings. The standard InChI is InChI=1S/C18H26N4O3/c1-19-16(23)15-9-25-18(10-21(15)8-13-5-6-13)11-22(12-18)17(24)14-4-3-7-20(14)2/h3-4,7,13,15H,5-6,8-12H2,1-2H3,(H,19,23). The van der Waals surface area contributed by atoms with Crippen molar-refractivity contribution in [1.29, 1.82) is 0 Å². The van der Waals surface area contributed by atoms with Gasteiger partial charge >= 0.3 is 0 Å². The minimum atomic E-state index is -0.319. The van der Waals surface area contributed by atoms with Crippen LogP contribution >= 0.6 is 0 Å². The first-order chi connectivity index (χ1) is 12.0. The summed E-state index contributed by atoms with van der Waals surface area (Å²) in [5.74, 6) is 0.777. The Morgan fingerprint density at radius 2 is 2.08 bits per heavy atom. The quantitative estimate of drug-likeness (QED) is 0.838. The van der Waals surface area contributed by atoms with Gasteiger partial charge in [0, 0.05) is 33.4 Å². The van der Waals surface area contributed by atoms with Gasteiger partial charge in [-0.05, 0) is 30.9 Å². The summed E-state index contributed by atoms with van der Waals surface area (Å²) in [7, 11) is 3.55. The van der Waals surface area contributed by atoms with Crippen LogP contribution in [0, 0.1) is 5.92 Å². The molecule has 7 heteroatoms. The number of carbonyl (C=O) groups excluding carboxylic acids is 2. The molecule has 2 aliphatic heterocycles. The summed E-state index contributed by atoms with van der Waals surface area (Å²) in [4.78, 5) is 28.9. The van der Waals surface area contributed by atoms with Crippen LogP contribution < -0.4 is 5.32 Å². The lowest BCUT2D eigenvalue weighted by Crippen LogP contribution is -2.73. The maximum absolute atomic E-state index is 12.6. The normalized spacial score (nSPS) is 25.7. The molecule has 0 bridgehead atoms. The second kappa shape index (κ2) is 6.14. The first kappa shape index (κ1) is 16.6. The fraction of sp³-hybridized carbons (Fsp3) is 0.667. The number of carbonyl (C=O) groups is 2. The Bertz CT molecular complexity index is 676. The molecule has 25 heavy (non-hydrogen) atoms. The first-order valence-corrected chi connectivity index (χ1v) is 9.01. The van der Waals surface area contributed by atoms with Crippen LogP contribution in [0.3, 0.4) is 0 Å². The number of hydrogen-bond acceptors (Lipinski definition) is 4. The van der Waals surface area contributed by atoms with Crippen LogP contribution in [0.25, 0.3) is 0 Å². The number of aryl methyl sites for hydroxylation is 1. The SMILES string of the molecule is CNC(=O)C1COC2(CN(C(=O)c3cccn3C)C2)CN1CC1CC1. The van der Waals surface area contributed by atoms with Crippen molar-refractivity contribution in [2.75, 3.05) is 39.8 Å². The number of aromatic nitrogens is 1. The van der Waals surface area contributed by atoms with Crippen molar-refractivity contribution in [3.63, 3.8) is 0 Å². The van der Waals surface area contributed by atoms with Gasteiger partial charge in [-0.3, -0.25) is 14.5 Å². The van der Waals surface area contributed by atoms with E-state index in [0.29, 0.717) is 31.3 Å². The molecule has 1 unspecified atom stereocenters. The average Bonchev–Trinajstić information content (AvgIpc) is 3.29. The molecule has 0 aromatic carbocycles. The molecule has 1 aromatic heterocycles. The number of nitrogens with one attached hydrogen (secondary N) is 1.